The summed E-state index contributed by atoms with van der Waals surface area (Å²) >= 11 is 1.41. The summed E-state index contributed by atoms with van der Waals surface area (Å²) in [5.74, 6) is -0.635. The van der Waals surface area contributed by atoms with E-state index in [1.54, 1.807) is 24.3 Å². The standard InChI is InChI=1S/C19H17NO5S2/c21-14-12-16(25-15-5-2-1-4-13(14)15)19(22)20-8-7-18(17-6-3-10-26-17)27(23,24)11-9-20/h1-6,10,12,18H,7-9,11H2. The minimum absolute atomic E-state index is 0.0642. The Morgan fingerprint density at radius 1 is 1.15 bits per heavy atom. The van der Waals surface area contributed by atoms with Crippen molar-refractivity contribution in [3.05, 3.63) is 68.7 Å². The molecule has 3 heterocycles. The van der Waals surface area contributed by atoms with Gasteiger partial charge < -0.3 is 9.32 Å². The van der Waals surface area contributed by atoms with Crippen LogP contribution in [0.4, 0.5) is 0 Å². The van der Waals surface area contributed by atoms with Crippen LogP contribution in [0.3, 0.4) is 0 Å². The fraction of sp³-hybridized carbons (Fsp3) is 0.263. The summed E-state index contributed by atoms with van der Waals surface area (Å²) in [7, 11) is -3.35. The molecular weight excluding hydrogens is 386 g/mol. The second kappa shape index (κ2) is 6.94. The predicted octanol–water partition coefficient (Wildman–Crippen LogP) is 2.86. The smallest absolute Gasteiger partial charge is 0.289 e. The monoisotopic (exact) mass is 403 g/mol. The summed E-state index contributed by atoms with van der Waals surface area (Å²) in [6.45, 7) is 0.372. The van der Waals surface area contributed by atoms with Crippen LogP contribution in [0.2, 0.25) is 0 Å². The van der Waals surface area contributed by atoms with Gasteiger partial charge in [0.15, 0.2) is 21.0 Å². The van der Waals surface area contributed by atoms with E-state index in [1.807, 2.05) is 17.5 Å². The van der Waals surface area contributed by atoms with Crippen LogP contribution in [-0.2, 0) is 9.84 Å². The molecule has 3 aromatic rings. The van der Waals surface area contributed by atoms with Gasteiger partial charge in [-0.05, 0) is 30.0 Å². The molecule has 140 valence electrons. The van der Waals surface area contributed by atoms with Crippen LogP contribution >= 0.6 is 11.3 Å². The molecule has 0 aliphatic carbocycles. The molecule has 1 atom stereocenters. The normalized spacial score (nSPS) is 19.7. The second-order valence-corrected chi connectivity index (χ2v) is 9.71. The first kappa shape index (κ1) is 17.9. The van der Waals surface area contributed by atoms with Gasteiger partial charge in [-0.25, -0.2) is 8.42 Å². The zero-order valence-electron chi connectivity index (χ0n) is 14.3. The molecule has 0 N–H and O–H groups in total. The van der Waals surface area contributed by atoms with Crippen LogP contribution in [-0.4, -0.2) is 38.1 Å². The third-order valence-electron chi connectivity index (χ3n) is 4.73. The molecule has 1 saturated heterocycles. The molecule has 0 bridgehead atoms. The zero-order valence-corrected chi connectivity index (χ0v) is 16.0. The lowest BCUT2D eigenvalue weighted by Crippen LogP contribution is -2.34. The molecule has 27 heavy (non-hydrogen) atoms. The van der Waals surface area contributed by atoms with Gasteiger partial charge in [-0.3, -0.25) is 9.59 Å². The number of carbonyl (C=O) groups excluding carboxylic acids is 1. The third-order valence-corrected chi connectivity index (χ3v) is 7.98. The van der Waals surface area contributed by atoms with Gasteiger partial charge in [0.2, 0.25) is 0 Å². The van der Waals surface area contributed by atoms with Gasteiger partial charge in [-0.2, -0.15) is 0 Å². The Kier molecular flexibility index (Phi) is 4.61. The molecule has 6 nitrogen and oxygen atoms in total. The molecule has 8 heteroatoms. The first-order valence-electron chi connectivity index (χ1n) is 8.53. The maximum Gasteiger partial charge on any atom is 0.289 e. The minimum atomic E-state index is -3.35. The number of hydrogen-bond acceptors (Lipinski definition) is 6. The Morgan fingerprint density at radius 2 is 1.96 bits per heavy atom. The van der Waals surface area contributed by atoms with E-state index < -0.39 is 21.0 Å². The summed E-state index contributed by atoms with van der Waals surface area (Å²) in [6, 6.07) is 11.5. The first-order valence-corrected chi connectivity index (χ1v) is 11.1. The maximum atomic E-state index is 12.9. The van der Waals surface area contributed by atoms with Gasteiger partial charge in [0.1, 0.15) is 5.58 Å². The quantitative estimate of drug-likeness (QED) is 0.657. The summed E-state index contributed by atoms with van der Waals surface area (Å²) in [6.07, 6.45) is 0.326. The summed E-state index contributed by atoms with van der Waals surface area (Å²) in [5.41, 5.74) is 0.0476. The number of carbonyl (C=O) groups is 1. The van der Waals surface area contributed by atoms with Gasteiger partial charge in [-0.1, -0.05) is 18.2 Å². The Bertz CT molecular complexity index is 1150. The highest BCUT2D eigenvalue weighted by molar-refractivity contribution is 7.91. The predicted molar refractivity (Wildman–Crippen MR) is 104 cm³/mol. The molecular formula is C19H17NO5S2. The average Bonchev–Trinajstić information content (AvgIpc) is 3.12. The van der Waals surface area contributed by atoms with Crippen LogP contribution in [0.5, 0.6) is 0 Å². The van der Waals surface area contributed by atoms with Crippen molar-refractivity contribution in [3.8, 4) is 0 Å². The lowest BCUT2D eigenvalue weighted by Gasteiger charge is -2.19. The van der Waals surface area contributed by atoms with E-state index >= 15 is 0 Å². The summed E-state index contributed by atoms with van der Waals surface area (Å²) in [5, 5.41) is 1.66. The molecule has 1 amide bonds. The van der Waals surface area contributed by atoms with E-state index in [9.17, 15) is 18.0 Å². The largest absolute Gasteiger partial charge is 0.451 e. The maximum absolute atomic E-state index is 12.9. The van der Waals surface area contributed by atoms with E-state index in [2.05, 4.69) is 0 Å². The van der Waals surface area contributed by atoms with Gasteiger partial charge in [0.25, 0.3) is 5.91 Å². The van der Waals surface area contributed by atoms with Crippen LogP contribution in [0.25, 0.3) is 11.0 Å². The minimum Gasteiger partial charge on any atom is -0.451 e. The Morgan fingerprint density at radius 3 is 2.74 bits per heavy atom. The van der Waals surface area contributed by atoms with Crippen molar-refractivity contribution in [2.75, 3.05) is 18.8 Å². The Labute approximate surface area is 160 Å². The number of benzene rings is 1. The molecule has 0 saturated carbocycles. The third kappa shape index (κ3) is 3.42. The SMILES string of the molecule is O=C(c1cc(=O)c2ccccc2o1)N1CCC(c2cccs2)S(=O)(=O)CC1. The topological polar surface area (TPSA) is 84.7 Å². The number of hydrogen-bond donors (Lipinski definition) is 0. The molecule has 0 radical (unpaired) electrons. The number of amides is 1. The van der Waals surface area contributed by atoms with Crippen LogP contribution in [0, 0.1) is 0 Å². The van der Waals surface area contributed by atoms with Crippen molar-refractivity contribution in [2.45, 2.75) is 11.7 Å². The van der Waals surface area contributed by atoms with E-state index in [4.69, 9.17) is 4.42 Å². The molecule has 4 rings (SSSR count). The van der Waals surface area contributed by atoms with E-state index in [0.717, 1.165) is 4.88 Å². The highest BCUT2D eigenvalue weighted by Crippen LogP contribution is 2.32. The van der Waals surface area contributed by atoms with Gasteiger partial charge in [0, 0.05) is 24.0 Å². The first-order chi connectivity index (χ1) is 13.0. The van der Waals surface area contributed by atoms with Crippen molar-refractivity contribution in [2.24, 2.45) is 0 Å². The Hall–Kier alpha value is -2.45. The van der Waals surface area contributed by atoms with Gasteiger partial charge in [0.05, 0.1) is 16.4 Å². The fourth-order valence-corrected chi connectivity index (χ4v) is 6.31. The zero-order chi connectivity index (χ0) is 19.0. The van der Waals surface area contributed by atoms with E-state index in [0.29, 0.717) is 17.4 Å². The van der Waals surface area contributed by atoms with Crippen LogP contribution in [0.1, 0.15) is 27.1 Å². The molecule has 1 unspecified atom stereocenters. The summed E-state index contributed by atoms with van der Waals surface area (Å²) < 4.78 is 30.9. The summed E-state index contributed by atoms with van der Waals surface area (Å²) in [4.78, 5) is 27.3. The fourth-order valence-electron chi connectivity index (χ4n) is 3.31. The van der Waals surface area contributed by atoms with Crippen molar-refractivity contribution >= 4 is 38.1 Å². The molecule has 1 aliphatic rings. The lowest BCUT2D eigenvalue weighted by atomic mass is 10.2. The Balaban J connectivity index is 1.63. The van der Waals surface area contributed by atoms with Gasteiger partial charge >= 0.3 is 0 Å². The number of rotatable bonds is 2. The number of nitrogens with zero attached hydrogens (tertiary/aromatic N) is 1. The number of thiophene rings is 1. The highest BCUT2D eigenvalue weighted by Gasteiger charge is 2.34. The van der Waals surface area contributed by atoms with E-state index in [1.165, 1.54) is 22.3 Å². The number of sulfone groups is 1. The van der Waals surface area contributed by atoms with E-state index in [-0.39, 0.29) is 30.0 Å². The van der Waals surface area contributed by atoms with Gasteiger partial charge in [-0.15, -0.1) is 11.3 Å². The molecule has 0 spiro atoms. The molecule has 1 aliphatic heterocycles. The lowest BCUT2D eigenvalue weighted by molar-refractivity contribution is 0.0735. The highest BCUT2D eigenvalue weighted by atomic mass is 32.2. The van der Waals surface area contributed by atoms with Crippen LogP contribution < -0.4 is 5.43 Å². The van der Waals surface area contributed by atoms with Crippen molar-refractivity contribution in [1.29, 1.82) is 0 Å². The molecule has 2 aromatic heterocycles. The number of para-hydroxylation sites is 1. The van der Waals surface area contributed by atoms with Crippen molar-refractivity contribution < 1.29 is 17.6 Å². The molecule has 1 fully saturated rings. The molecule has 1 aromatic carbocycles. The second-order valence-electron chi connectivity index (χ2n) is 6.42. The van der Waals surface area contributed by atoms with Crippen LogP contribution in [0.15, 0.2) is 57.1 Å². The van der Waals surface area contributed by atoms with Crippen molar-refractivity contribution in [1.82, 2.24) is 4.90 Å². The van der Waals surface area contributed by atoms with Crippen molar-refractivity contribution in [3.63, 3.8) is 0 Å². The average molecular weight is 403 g/mol. The number of fused-ring (bicyclic) bond motifs is 1.